The summed E-state index contributed by atoms with van der Waals surface area (Å²) in [5, 5.41) is 7.95. The highest BCUT2D eigenvalue weighted by atomic mass is 35.5. The van der Waals surface area contributed by atoms with E-state index in [0.29, 0.717) is 11.6 Å². The molecule has 2 rings (SSSR count). The van der Waals surface area contributed by atoms with Gasteiger partial charge in [0.1, 0.15) is 5.82 Å². The second-order valence-corrected chi connectivity index (χ2v) is 3.94. The van der Waals surface area contributed by atoms with E-state index in [9.17, 15) is 0 Å². The Morgan fingerprint density at radius 3 is 2.81 bits per heavy atom. The second-order valence-electron chi connectivity index (χ2n) is 3.53. The number of aryl methyl sites for hydroxylation is 1. The summed E-state index contributed by atoms with van der Waals surface area (Å²) in [6.07, 6.45) is 1.92. The van der Waals surface area contributed by atoms with E-state index < -0.39 is 0 Å². The standard InChI is InChI=1S/C11H13ClN4/c1-8-5-6-16(15-8)7-10-9(12)3-4-11(13-2)14-10/h3-6H,7H2,1-2H3,(H,13,14). The van der Waals surface area contributed by atoms with Crippen LogP contribution in [0.15, 0.2) is 24.4 Å². The number of pyridine rings is 1. The second kappa shape index (κ2) is 4.53. The quantitative estimate of drug-likeness (QED) is 0.890. The summed E-state index contributed by atoms with van der Waals surface area (Å²) < 4.78 is 1.82. The van der Waals surface area contributed by atoms with Gasteiger partial charge in [0.05, 0.1) is 23.0 Å². The van der Waals surface area contributed by atoms with Crippen LogP contribution >= 0.6 is 11.6 Å². The Labute approximate surface area is 99.3 Å². The Morgan fingerprint density at radius 2 is 2.19 bits per heavy atom. The smallest absolute Gasteiger partial charge is 0.126 e. The number of halogens is 1. The first-order valence-electron chi connectivity index (χ1n) is 5.02. The number of nitrogens with zero attached hydrogens (tertiary/aromatic N) is 3. The number of aromatic nitrogens is 3. The molecule has 16 heavy (non-hydrogen) atoms. The fourth-order valence-corrected chi connectivity index (χ4v) is 1.60. The highest BCUT2D eigenvalue weighted by Gasteiger charge is 2.05. The van der Waals surface area contributed by atoms with Crippen LogP contribution in [0.3, 0.4) is 0 Å². The number of rotatable bonds is 3. The van der Waals surface area contributed by atoms with Crippen molar-refractivity contribution in [2.45, 2.75) is 13.5 Å². The van der Waals surface area contributed by atoms with Crippen LogP contribution in [0.2, 0.25) is 5.02 Å². The third kappa shape index (κ3) is 2.33. The van der Waals surface area contributed by atoms with Crippen LogP contribution < -0.4 is 5.32 Å². The molecule has 0 saturated heterocycles. The van der Waals surface area contributed by atoms with Crippen molar-refractivity contribution in [2.24, 2.45) is 0 Å². The van der Waals surface area contributed by atoms with Gasteiger partial charge in [0.15, 0.2) is 0 Å². The molecule has 5 heteroatoms. The largest absolute Gasteiger partial charge is 0.373 e. The molecule has 0 saturated carbocycles. The molecule has 0 bridgehead atoms. The maximum atomic E-state index is 6.08. The van der Waals surface area contributed by atoms with Gasteiger partial charge < -0.3 is 5.32 Å². The zero-order valence-electron chi connectivity index (χ0n) is 9.24. The van der Waals surface area contributed by atoms with Crippen molar-refractivity contribution in [2.75, 3.05) is 12.4 Å². The topological polar surface area (TPSA) is 42.7 Å². The van der Waals surface area contributed by atoms with E-state index in [1.807, 2.05) is 43.0 Å². The van der Waals surface area contributed by atoms with E-state index in [0.717, 1.165) is 17.2 Å². The average Bonchev–Trinajstić information content (AvgIpc) is 2.67. The van der Waals surface area contributed by atoms with Gasteiger partial charge in [-0.05, 0) is 25.1 Å². The van der Waals surface area contributed by atoms with Crippen molar-refractivity contribution >= 4 is 17.4 Å². The third-order valence-corrected chi connectivity index (χ3v) is 2.60. The molecule has 2 heterocycles. The molecule has 1 N–H and O–H groups in total. The molecule has 0 amide bonds. The van der Waals surface area contributed by atoms with Crippen molar-refractivity contribution < 1.29 is 0 Å². The lowest BCUT2D eigenvalue weighted by Gasteiger charge is -2.06. The Hall–Kier alpha value is -1.55. The zero-order chi connectivity index (χ0) is 11.5. The van der Waals surface area contributed by atoms with E-state index in [4.69, 9.17) is 11.6 Å². The van der Waals surface area contributed by atoms with Crippen molar-refractivity contribution in [3.05, 3.63) is 40.8 Å². The van der Waals surface area contributed by atoms with E-state index in [1.54, 1.807) is 0 Å². The molecular weight excluding hydrogens is 224 g/mol. The number of nitrogens with one attached hydrogen (secondary N) is 1. The molecule has 2 aromatic rings. The van der Waals surface area contributed by atoms with Gasteiger partial charge in [-0.2, -0.15) is 5.10 Å². The first-order chi connectivity index (χ1) is 7.69. The SMILES string of the molecule is CNc1ccc(Cl)c(Cn2ccc(C)n2)n1. The fourth-order valence-electron chi connectivity index (χ4n) is 1.44. The molecular formula is C11H13ClN4. The van der Waals surface area contributed by atoms with Crippen LogP contribution in [0.25, 0.3) is 0 Å². The molecule has 0 aliphatic heterocycles. The van der Waals surface area contributed by atoms with E-state index in [1.165, 1.54) is 0 Å². The number of hydrogen-bond acceptors (Lipinski definition) is 3. The summed E-state index contributed by atoms with van der Waals surface area (Å²) >= 11 is 6.08. The van der Waals surface area contributed by atoms with Gasteiger partial charge in [0.25, 0.3) is 0 Å². The molecule has 0 radical (unpaired) electrons. The lowest BCUT2D eigenvalue weighted by Crippen LogP contribution is -2.05. The Balaban J connectivity index is 2.26. The first-order valence-corrected chi connectivity index (χ1v) is 5.40. The molecule has 0 spiro atoms. The van der Waals surface area contributed by atoms with Crippen LogP contribution in [0.4, 0.5) is 5.82 Å². The predicted octanol–water partition coefficient (Wildman–Crippen LogP) is 2.33. The van der Waals surface area contributed by atoms with Gasteiger partial charge in [-0.1, -0.05) is 11.6 Å². The molecule has 0 aliphatic carbocycles. The summed E-state index contributed by atoms with van der Waals surface area (Å²) in [5.74, 6) is 0.809. The van der Waals surface area contributed by atoms with Crippen molar-refractivity contribution in [3.8, 4) is 0 Å². The van der Waals surface area contributed by atoms with Gasteiger partial charge in [0.2, 0.25) is 0 Å². The predicted molar refractivity (Wildman–Crippen MR) is 64.9 cm³/mol. The minimum absolute atomic E-state index is 0.586. The summed E-state index contributed by atoms with van der Waals surface area (Å²) in [5.41, 5.74) is 1.80. The first kappa shape index (κ1) is 11.0. The summed E-state index contributed by atoms with van der Waals surface area (Å²) in [6.45, 7) is 2.54. The van der Waals surface area contributed by atoms with Crippen LogP contribution in [0.1, 0.15) is 11.4 Å². The van der Waals surface area contributed by atoms with Crippen molar-refractivity contribution in [3.63, 3.8) is 0 Å². The monoisotopic (exact) mass is 236 g/mol. The Morgan fingerprint density at radius 1 is 1.38 bits per heavy atom. The van der Waals surface area contributed by atoms with Crippen LogP contribution in [-0.2, 0) is 6.54 Å². The highest BCUT2D eigenvalue weighted by Crippen LogP contribution is 2.17. The minimum Gasteiger partial charge on any atom is -0.373 e. The molecule has 0 unspecified atom stereocenters. The van der Waals surface area contributed by atoms with Crippen LogP contribution in [0, 0.1) is 6.92 Å². The third-order valence-electron chi connectivity index (χ3n) is 2.26. The fraction of sp³-hybridized carbons (Fsp3) is 0.273. The average molecular weight is 237 g/mol. The minimum atomic E-state index is 0.586. The number of anilines is 1. The normalized spacial score (nSPS) is 10.4. The maximum absolute atomic E-state index is 6.08. The van der Waals surface area contributed by atoms with Gasteiger partial charge in [0, 0.05) is 13.2 Å². The summed E-state index contributed by atoms with van der Waals surface area (Å²) in [7, 11) is 1.83. The molecule has 0 atom stereocenters. The molecule has 2 aromatic heterocycles. The van der Waals surface area contributed by atoms with E-state index in [2.05, 4.69) is 15.4 Å². The van der Waals surface area contributed by atoms with Gasteiger partial charge in [-0.25, -0.2) is 4.98 Å². The van der Waals surface area contributed by atoms with Crippen molar-refractivity contribution in [1.29, 1.82) is 0 Å². The molecule has 0 fully saturated rings. The molecule has 0 aromatic carbocycles. The van der Waals surface area contributed by atoms with E-state index >= 15 is 0 Å². The van der Waals surface area contributed by atoms with Gasteiger partial charge in [-0.3, -0.25) is 4.68 Å². The lowest BCUT2D eigenvalue weighted by molar-refractivity contribution is 0.667. The molecule has 84 valence electrons. The maximum Gasteiger partial charge on any atom is 0.126 e. The molecule has 0 aliphatic rings. The van der Waals surface area contributed by atoms with Crippen molar-refractivity contribution in [1.82, 2.24) is 14.8 Å². The summed E-state index contributed by atoms with van der Waals surface area (Å²) in [4.78, 5) is 4.39. The van der Waals surface area contributed by atoms with Gasteiger partial charge >= 0.3 is 0 Å². The van der Waals surface area contributed by atoms with Crippen LogP contribution in [-0.4, -0.2) is 21.8 Å². The zero-order valence-corrected chi connectivity index (χ0v) is 9.99. The summed E-state index contributed by atoms with van der Waals surface area (Å²) in [6, 6.07) is 5.64. The van der Waals surface area contributed by atoms with E-state index in [-0.39, 0.29) is 0 Å². The lowest BCUT2D eigenvalue weighted by atomic mass is 10.3. The highest BCUT2D eigenvalue weighted by molar-refractivity contribution is 6.31. The Kier molecular flexibility index (Phi) is 3.10. The van der Waals surface area contributed by atoms with Gasteiger partial charge in [-0.15, -0.1) is 0 Å². The molecule has 4 nitrogen and oxygen atoms in total. The number of hydrogen-bond donors (Lipinski definition) is 1. The Bertz CT molecular complexity index is 492. The van der Waals surface area contributed by atoms with Crippen LogP contribution in [0.5, 0.6) is 0 Å².